The molecule has 0 radical (unpaired) electrons. The number of anilines is 1. The van der Waals surface area contributed by atoms with Crippen molar-refractivity contribution in [3.05, 3.63) is 47.5 Å². The first-order valence-corrected chi connectivity index (χ1v) is 12.4. The lowest BCUT2D eigenvalue weighted by atomic mass is 10.1. The number of nitrogens with one attached hydrogen (secondary N) is 1. The maximum atomic E-state index is 13.0. The molecule has 3 aliphatic heterocycles. The number of fused-ring (bicyclic) bond motifs is 2. The quantitative estimate of drug-likeness (QED) is 0.713. The minimum absolute atomic E-state index is 0.175. The smallest absolute Gasteiger partial charge is 0.243 e. The zero-order chi connectivity index (χ0) is 23.2. The van der Waals surface area contributed by atoms with Crippen LogP contribution in [0.25, 0.3) is 0 Å². The molecule has 0 aromatic heterocycles. The van der Waals surface area contributed by atoms with Crippen molar-refractivity contribution >= 4 is 27.5 Å². The Labute approximate surface area is 192 Å². The molecule has 0 unspecified atom stereocenters. The Kier molecular flexibility index (Phi) is 5.49. The minimum atomic E-state index is -3.58. The zero-order valence-corrected chi connectivity index (χ0v) is 19.1. The highest BCUT2D eigenvalue weighted by Crippen LogP contribution is 2.36. The Morgan fingerprint density at radius 3 is 2.58 bits per heavy atom. The van der Waals surface area contributed by atoms with Crippen LogP contribution in [0.5, 0.6) is 11.5 Å². The van der Waals surface area contributed by atoms with Gasteiger partial charge in [-0.2, -0.15) is 4.31 Å². The van der Waals surface area contributed by atoms with E-state index in [-0.39, 0.29) is 36.5 Å². The fraction of sp³-hybridized carbons (Fsp3) is 0.391. The number of benzene rings is 2. The van der Waals surface area contributed by atoms with E-state index in [4.69, 9.17) is 9.47 Å². The third-order valence-corrected chi connectivity index (χ3v) is 8.18. The average Bonchev–Trinajstić information content (AvgIpc) is 3.55. The number of carbonyl (C=O) groups excluding carboxylic acids is 2. The molecule has 0 bridgehead atoms. The summed E-state index contributed by atoms with van der Waals surface area (Å²) in [5.41, 5.74) is 2.09. The number of hydrogen-bond acceptors (Lipinski definition) is 6. The Hall–Kier alpha value is -3.11. The summed E-state index contributed by atoms with van der Waals surface area (Å²) in [6, 6.07) is 9.46. The van der Waals surface area contributed by atoms with Gasteiger partial charge in [0.25, 0.3) is 0 Å². The highest BCUT2D eigenvalue weighted by Gasteiger charge is 2.38. The van der Waals surface area contributed by atoms with Crippen LogP contribution in [0.4, 0.5) is 5.69 Å². The molecule has 1 atom stereocenters. The lowest BCUT2D eigenvalue weighted by molar-refractivity contribution is -0.125. The van der Waals surface area contributed by atoms with Crippen LogP contribution in [0.3, 0.4) is 0 Å². The first-order valence-electron chi connectivity index (χ1n) is 10.9. The minimum Gasteiger partial charge on any atom is -0.454 e. The van der Waals surface area contributed by atoms with Crippen LogP contribution >= 0.6 is 0 Å². The van der Waals surface area contributed by atoms with Gasteiger partial charge in [0.15, 0.2) is 11.5 Å². The number of ether oxygens (including phenoxy) is 2. The van der Waals surface area contributed by atoms with Crippen molar-refractivity contribution in [1.29, 1.82) is 0 Å². The lowest BCUT2D eigenvalue weighted by Gasteiger charge is -2.23. The van der Waals surface area contributed by atoms with Gasteiger partial charge in [0.2, 0.25) is 28.6 Å². The topological polar surface area (TPSA) is 105 Å². The maximum absolute atomic E-state index is 13.0. The van der Waals surface area contributed by atoms with Crippen LogP contribution in [0, 0.1) is 0 Å². The van der Waals surface area contributed by atoms with Crippen LogP contribution in [0.1, 0.15) is 30.9 Å². The summed E-state index contributed by atoms with van der Waals surface area (Å²) in [6.45, 7) is 2.88. The van der Waals surface area contributed by atoms with E-state index in [1.54, 1.807) is 18.2 Å². The number of hydrogen-bond donors (Lipinski definition) is 1. The van der Waals surface area contributed by atoms with E-state index >= 15 is 0 Å². The van der Waals surface area contributed by atoms with Gasteiger partial charge >= 0.3 is 0 Å². The van der Waals surface area contributed by atoms with E-state index in [0.717, 1.165) is 18.4 Å². The molecule has 0 spiro atoms. The number of nitrogens with zero attached hydrogens (tertiary/aromatic N) is 2. The molecule has 1 fully saturated rings. The zero-order valence-electron chi connectivity index (χ0n) is 18.2. The van der Waals surface area contributed by atoms with E-state index in [0.29, 0.717) is 35.8 Å². The fourth-order valence-electron chi connectivity index (χ4n) is 4.62. The number of amides is 2. The second-order valence-corrected chi connectivity index (χ2v) is 10.4. The first-order chi connectivity index (χ1) is 15.8. The van der Waals surface area contributed by atoms with Crippen molar-refractivity contribution in [2.24, 2.45) is 0 Å². The molecule has 5 rings (SSSR count). The van der Waals surface area contributed by atoms with Crippen LogP contribution < -0.4 is 19.7 Å². The molecule has 2 aromatic carbocycles. The molecular formula is C23H25N3O6S. The predicted molar refractivity (Wildman–Crippen MR) is 119 cm³/mol. The lowest BCUT2D eigenvalue weighted by Crippen LogP contribution is -2.47. The van der Waals surface area contributed by atoms with Gasteiger partial charge < -0.3 is 14.8 Å². The molecule has 10 heteroatoms. The van der Waals surface area contributed by atoms with E-state index in [1.165, 1.54) is 22.2 Å². The first kappa shape index (κ1) is 21.7. The van der Waals surface area contributed by atoms with Crippen molar-refractivity contribution in [3.8, 4) is 11.5 Å². The van der Waals surface area contributed by atoms with Gasteiger partial charge in [-0.05, 0) is 54.3 Å². The Balaban J connectivity index is 1.34. The third kappa shape index (κ3) is 3.93. The molecule has 3 heterocycles. The summed E-state index contributed by atoms with van der Waals surface area (Å²) >= 11 is 0. The van der Waals surface area contributed by atoms with Crippen molar-refractivity contribution < 1.29 is 27.5 Å². The number of carbonyl (C=O) groups is 2. The van der Waals surface area contributed by atoms with E-state index < -0.39 is 16.1 Å². The summed E-state index contributed by atoms with van der Waals surface area (Å²) in [7, 11) is -3.58. The number of sulfonamides is 1. The van der Waals surface area contributed by atoms with Crippen molar-refractivity contribution in [3.63, 3.8) is 0 Å². The monoisotopic (exact) mass is 471 g/mol. The molecule has 1 saturated heterocycles. The van der Waals surface area contributed by atoms with Gasteiger partial charge in [0.1, 0.15) is 6.04 Å². The summed E-state index contributed by atoms with van der Waals surface area (Å²) in [4.78, 5) is 27.1. The van der Waals surface area contributed by atoms with Crippen LogP contribution in [-0.4, -0.2) is 50.5 Å². The maximum Gasteiger partial charge on any atom is 0.243 e. The van der Waals surface area contributed by atoms with Gasteiger partial charge in [0.05, 0.1) is 4.90 Å². The fourth-order valence-corrected chi connectivity index (χ4v) is 6.19. The van der Waals surface area contributed by atoms with Gasteiger partial charge in [-0.3, -0.25) is 14.5 Å². The highest BCUT2D eigenvalue weighted by atomic mass is 32.2. The molecule has 33 heavy (non-hydrogen) atoms. The molecule has 9 nitrogen and oxygen atoms in total. The van der Waals surface area contributed by atoms with Crippen LogP contribution in [0.15, 0.2) is 41.3 Å². The summed E-state index contributed by atoms with van der Waals surface area (Å²) < 4.78 is 38.1. The predicted octanol–water partition coefficient (Wildman–Crippen LogP) is 1.79. The molecule has 2 amide bonds. The Morgan fingerprint density at radius 1 is 1.06 bits per heavy atom. The molecular weight excluding hydrogens is 446 g/mol. The summed E-state index contributed by atoms with van der Waals surface area (Å²) in [6.07, 6.45) is 1.97. The highest BCUT2D eigenvalue weighted by molar-refractivity contribution is 7.89. The Morgan fingerprint density at radius 2 is 1.82 bits per heavy atom. The SMILES string of the molecule is CC(=O)N1c2ccc(S(=O)(=O)N3CCCC3)cc2C[C@H]1C(=O)NCc1ccc2c(c1)OCO2. The summed E-state index contributed by atoms with van der Waals surface area (Å²) in [5.74, 6) is 0.723. The van der Waals surface area contributed by atoms with Gasteiger partial charge in [-0.15, -0.1) is 0 Å². The van der Waals surface area contributed by atoms with E-state index in [2.05, 4.69) is 5.32 Å². The summed E-state index contributed by atoms with van der Waals surface area (Å²) in [5, 5.41) is 2.89. The van der Waals surface area contributed by atoms with Crippen LogP contribution in [0.2, 0.25) is 0 Å². The van der Waals surface area contributed by atoms with E-state index in [9.17, 15) is 18.0 Å². The van der Waals surface area contributed by atoms with Gasteiger partial charge in [-0.25, -0.2) is 8.42 Å². The van der Waals surface area contributed by atoms with E-state index in [1.807, 2.05) is 12.1 Å². The third-order valence-electron chi connectivity index (χ3n) is 6.28. The van der Waals surface area contributed by atoms with Gasteiger partial charge in [-0.1, -0.05) is 6.07 Å². The Bertz CT molecular complexity index is 1220. The number of rotatable bonds is 5. The van der Waals surface area contributed by atoms with Crippen molar-refractivity contribution in [2.75, 3.05) is 24.8 Å². The second kappa shape index (κ2) is 8.35. The molecule has 2 aromatic rings. The van der Waals surface area contributed by atoms with Crippen LogP contribution in [-0.2, 0) is 32.6 Å². The second-order valence-electron chi connectivity index (χ2n) is 8.42. The molecule has 174 valence electrons. The van der Waals surface area contributed by atoms with Crippen molar-refractivity contribution in [1.82, 2.24) is 9.62 Å². The standard InChI is InChI=1S/C23H25N3O6S/c1-15(27)26-19-6-5-18(33(29,30)25-8-2-3-9-25)11-17(19)12-20(26)23(28)24-13-16-4-7-21-22(10-16)32-14-31-21/h4-7,10-11,20H,2-3,8-9,12-14H2,1H3,(H,24,28)/t20-/m0/s1. The molecule has 0 aliphatic carbocycles. The molecule has 0 saturated carbocycles. The normalized spacial score (nSPS) is 19.5. The molecule has 3 aliphatic rings. The molecule has 1 N–H and O–H groups in total. The van der Waals surface area contributed by atoms with Crippen molar-refractivity contribution in [2.45, 2.75) is 43.7 Å². The average molecular weight is 472 g/mol. The van der Waals surface area contributed by atoms with Gasteiger partial charge in [0, 0.05) is 38.7 Å². The largest absolute Gasteiger partial charge is 0.454 e.